The van der Waals surface area contributed by atoms with E-state index in [1.807, 2.05) is 36.4 Å². The van der Waals surface area contributed by atoms with Gasteiger partial charge in [0.05, 0.1) is 7.11 Å². The minimum atomic E-state index is 0.262. The highest BCUT2D eigenvalue weighted by Gasteiger charge is 2.24. The Morgan fingerprint density at radius 3 is 2.55 bits per heavy atom. The van der Waals surface area contributed by atoms with E-state index in [2.05, 4.69) is 24.3 Å². The summed E-state index contributed by atoms with van der Waals surface area (Å²) in [7, 11) is 1.66. The molecule has 0 saturated heterocycles. The number of ketones is 1. The third-order valence-electron chi connectivity index (χ3n) is 4.28. The van der Waals surface area contributed by atoms with Crippen molar-refractivity contribution in [3.05, 3.63) is 71.3 Å². The van der Waals surface area contributed by atoms with Crippen molar-refractivity contribution < 1.29 is 9.53 Å². The zero-order valence-electron chi connectivity index (χ0n) is 12.8. The van der Waals surface area contributed by atoms with Crippen molar-refractivity contribution in [2.75, 3.05) is 7.11 Å². The molecule has 0 N–H and O–H groups in total. The van der Waals surface area contributed by atoms with Gasteiger partial charge in [0.1, 0.15) is 5.75 Å². The number of benzene rings is 2. The SMILES string of the molecule is COc1ccccc1/C=C1/CC(c2ccccc2)CCC1=O. The standard InChI is InChI=1S/C20H20O2/c1-22-20-10-6-5-9-17(20)14-18-13-16(11-12-19(18)21)15-7-3-2-4-8-15/h2-10,14,16H,11-13H2,1H3/b18-14-. The number of para-hydroxylation sites is 1. The molecule has 2 aromatic carbocycles. The predicted molar refractivity (Wildman–Crippen MR) is 89.0 cm³/mol. The minimum absolute atomic E-state index is 0.262. The number of hydrogen-bond donors (Lipinski definition) is 0. The van der Waals surface area contributed by atoms with Gasteiger partial charge in [-0.3, -0.25) is 4.79 Å². The molecular formula is C20H20O2. The van der Waals surface area contributed by atoms with Crippen LogP contribution in [0.3, 0.4) is 0 Å². The lowest BCUT2D eigenvalue weighted by Crippen LogP contribution is -2.15. The maximum Gasteiger partial charge on any atom is 0.158 e. The topological polar surface area (TPSA) is 26.3 Å². The van der Waals surface area contributed by atoms with Gasteiger partial charge in [0.15, 0.2) is 5.78 Å². The molecule has 0 radical (unpaired) electrons. The fourth-order valence-corrected chi connectivity index (χ4v) is 3.07. The molecule has 1 saturated carbocycles. The monoisotopic (exact) mass is 292 g/mol. The molecule has 3 rings (SSSR count). The molecule has 1 aliphatic carbocycles. The van der Waals surface area contributed by atoms with Crippen LogP contribution in [0, 0.1) is 0 Å². The Bertz CT molecular complexity index is 686. The quantitative estimate of drug-likeness (QED) is 0.772. The van der Waals surface area contributed by atoms with Crippen molar-refractivity contribution in [2.45, 2.75) is 25.2 Å². The highest BCUT2D eigenvalue weighted by atomic mass is 16.5. The summed E-state index contributed by atoms with van der Waals surface area (Å²) in [5.74, 6) is 1.50. The summed E-state index contributed by atoms with van der Waals surface area (Å²) in [6.07, 6.45) is 4.36. The lowest BCUT2D eigenvalue weighted by molar-refractivity contribution is -0.116. The summed E-state index contributed by atoms with van der Waals surface area (Å²) in [5, 5.41) is 0. The Balaban J connectivity index is 1.88. The predicted octanol–water partition coefficient (Wildman–Crippen LogP) is 4.62. The molecule has 0 aromatic heterocycles. The molecule has 0 heterocycles. The molecule has 0 bridgehead atoms. The summed E-state index contributed by atoms with van der Waals surface area (Å²) < 4.78 is 5.38. The van der Waals surface area contributed by atoms with Gasteiger partial charge in [0, 0.05) is 12.0 Å². The Kier molecular flexibility index (Phi) is 4.38. The van der Waals surface area contributed by atoms with E-state index >= 15 is 0 Å². The molecule has 0 spiro atoms. The van der Waals surface area contributed by atoms with Gasteiger partial charge in [-0.1, -0.05) is 48.5 Å². The molecule has 2 aromatic rings. The zero-order chi connectivity index (χ0) is 15.4. The maximum absolute atomic E-state index is 12.3. The van der Waals surface area contributed by atoms with Crippen molar-refractivity contribution in [3.8, 4) is 5.75 Å². The van der Waals surface area contributed by atoms with Crippen LogP contribution in [-0.4, -0.2) is 12.9 Å². The normalized spacial score (nSPS) is 20.1. The fraction of sp³-hybridized carbons (Fsp3) is 0.250. The molecule has 2 heteroatoms. The highest BCUT2D eigenvalue weighted by molar-refractivity contribution is 6.00. The van der Waals surface area contributed by atoms with Crippen LogP contribution in [-0.2, 0) is 4.79 Å². The first-order chi connectivity index (χ1) is 10.8. The van der Waals surface area contributed by atoms with E-state index in [0.29, 0.717) is 12.3 Å². The molecule has 112 valence electrons. The minimum Gasteiger partial charge on any atom is -0.496 e. The molecule has 0 aliphatic heterocycles. The first-order valence-corrected chi connectivity index (χ1v) is 7.69. The Labute approximate surface area is 131 Å². The van der Waals surface area contributed by atoms with E-state index in [1.54, 1.807) is 7.11 Å². The van der Waals surface area contributed by atoms with E-state index in [1.165, 1.54) is 5.56 Å². The van der Waals surface area contributed by atoms with E-state index in [4.69, 9.17) is 4.74 Å². The number of rotatable bonds is 3. The molecule has 1 unspecified atom stereocenters. The van der Waals surface area contributed by atoms with Crippen molar-refractivity contribution in [3.63, 3.8) is 0 Å². The number of ether oxygens (including phenoxy) is 1. The van der Waals surface area contributed by atoms with Gasteiger partial charge in [0.2, 0.25) is 0 Å². The lowest BCUT2D eigenvalue weighted by atomic mass is 9.80. The Morgan fingerprint density at radius 2 is 1.77 bits per heavy atom. The van der Waals surface area contributed by atoms with Gasteiger partial charge in [-0.25, -0.2) is 0 Å². The zero-order valence-corrected chi connectivity index (χ0v) is 12.8. The van der Waals surface area contributed by atoms with Gasteiger partial charge < -0.3 is 4.74 Å². The molecule has 0 amide bonds. The molecule has 2 nitrogen and oxygen atoms in total. The molecular weight excluding hydrogens is 272 g/mol. The summed E-state index contributed by atoms with van der Waals surface area (Å²) in [6, 6.07) is 18.3. The van der Waals surface area contributed by atoms with Crippen LogP contribution in [0.2, 0.25) is 0 Å². The van der Waals surface area contributed by atoms with Crippen molar-refractivity contribution in [2.24, 2.45) is 0 Å². The number of carbonyl (C=O) groups excluding carboxylic acids is 1. The number of hydrogen-bond acceptors (Lipinski definition) is 2. The van der Waals surface area contributed by atoms with Crippen LogP contribution < -0.4 is 4.74 Å². The van der Waals surface area contributed by atoms with E-state index in [9.17, 15) is 4.79 Å². The fourth-order valence-electron chi connectivity index (χ4n) is 3.07. The van der Waals surface area contributed by atoms with E-state index in [0.717, 1.165) is 29.7 Å². The van der Waals surface area contributed by atoms with Gasteiger partial charge in [-0.15, -0.1) is 0 Å². The second-order valence-corrected chi connectivity index (χ2v) is 5.69. The van der Waals surface area contributed by atoms with Crippen LogP contribution in [0.5, 0.6) is 5.75 Å². The van der Waals surface area contributed by atoms with Gasteiger partial charge in [-0.2, -0.15) is 0 Å². The smallest absolute Gasteiger partial charge is 0.158 e. The number of Topliss-reactive ketones (excluding diaryl/α,β-unsaturated/α-hetero) is 1. The van der Waals surface area contributed by atoms with Crippen molar-refractivity contribution in [1.82, 2.24) is 0 Å². The third kappa shape index (κ3) is 3.11. The van der Waals surface area contributed by atoms with Gasteiger partial charge >= 0.3 is 0 Å². The maximum atomic E-state index is 12.3. The van der Waals surface area contributed by atoms with Crippen LogP contribution in [0.25, 0.3) is 6.08 Å². The number of allylic oxidation sites excluding steroid dienone is 1. The summed E-state index contributed by atoms with van der Waals surface area (Å²) in [5.41, 5.74) is 3.20. The second kappa shape index (κ2) is 6.61. The average molecular weight is 292 g/mol. The first-order valence-electron chi connectivity index (χ1n) is 7.69. The average Bonchev–Trinajstić information content (AvgIpc) is 2.58. The highest BCUT2D eigenvalue weighted by Crippen LogP contribution is 2.35. The number of carbonyl (C=O) groups is 1. The van der Waals surface area contributed by atoms with Crippen LogP contribution in [0.1, 0.15) is 36.3 Å². The lowest BCUT2D eigenvalue weighted by Gasteiger charge is -2.24. The van der Waals surface area contributed by atoms with Gasteiger partial charge in [0.25, 0.3) is 0 Å². The number of methoxy groups -OCH3 is 1. The Morgan fingerprint density at radius 1 is 1.05 bits per heavy atom. The molecule has 1 aliphatic rings. The summed E-state index contributed by atoms with van der Waals surface area (Å²) in [4.78, 5) is 12.3. The first kappa shape index (κ1) is 14.6. The van der Waals surface area contributed by atoms with Crippen molar-refractivity contribution in [1.29, 1.82) is 0 Å². The molecule has 1 fully saturated rings. The second-order valence-electron chi connectivity index (χ2n) is 5.69. The van der Waals surface area contributed by atoms with Crippen LogP contribution in [0.4, 0.5) is 0 Å². The van der Waals surface area contributed by atoms with E-state index < -0.39 is 0 Å². The van der Waals surface area contributed by atoms with Crippen molar-refractivity contribution >= 4 is 11.9 Å². The van der Waals surface area contributed by atoms with Crippen LogP contribution >= 0.6 is 0 Å². The molecule has 1 atom stereocenters. The summed E-state index contributed by atoms with van der Waals surface area (Å²) in [6.45, 7) is 0. The van der Waals surface area contributed by atoms with Gasteiger partial charge in [-0.05, 0) is 42.0 Å². The van der Waals surface area contributed by atoms with E-state index in [-0.39, 0.29) is 5.78 Å². The largest absolute Gasteiger partial charge is 0.496 e. The third-order valence-corrected chi connectivity index (χ3v) is 4.28. The molecule has 22 heavy (non-hydrogen) atoms. The summed E-state index contributed by atoms with van der Waals surface area (Å²) >= 11 is 0. The van der Waals surface area contributed by atoms with Crippen LogP contribution in [0.15, 0.2) is 60.2 Å². The Hall–Kier alpha value is -2.35.